The largest absolute Gasteiger partial charge is 0.313 e. The fourth-order valence-electron chi connectivity index (χ4n) is 1.81. The van der Waals surface area contributed by atoms with Gasteiger partial charge in [0.25, 0.3) is 0 Å². The minimum atomic E-state index is -0.229. The summed E-state index contributed by atoms with van der Waals surface area (Å²) in [6, 6.07) is 12.4. The zero-order valence-electron chi connectivity index (χ0n) is 10.2. The number of hydrogen-bond acceptors (Lipinski definition) is 1. The lowest BCUT2D eigenvalue weighted by Gasteiger charge is -2.08. The van der Waals surface area contributed by atoms with Gasteiger partial charge in [0.1, 0.15) is 5.82 Å². The zero-order valence-corrected chi connectivity index (χ0v) is 11.0. The Balaban J connectivity index is 2.32. The van der Waals surface area contributed by atoms with Crippen LogP contribution < -0.4 is 5.32 Å². The SMILES string of the molecule is CCNCc1ccc(-c2ccccc2F)cc1Cl. The predicted molar refractivity (Wildman–Crippen MR) is 74.2 cm³/mol. The average Bonchev–Trinajstić information content (AvgIpc) is 2.38. The summed E-state index contributed by atoms with van der Waals surface area (Å²) in [7, 11) is 0. The first kappa shape index (κ1) is 13.1. The van der Waals surface area contributed by atoms with E-state index in [1.807, 2.05) is 31.2 Å². The van der Waals surface area contributed by atoms with Crippen molar-refractivity contribution >= 4 is 11.6 Å². The van der Waals surface area contributed by atoms with Crippen LogP contribution in [-0.4, -0.2) is 6.54 Å². The third kappa shape index (κ3) is 2.89. The second-order valence-corrected chi connectivity index (χ2v) is 4.47. The molecule has 0 heterocycles. The van der Waals surface area contributed by atoms with E-state index in [9.17, 15) is 4.39 Å². The number of benzene rings is 2. The van der Waals surface area contributed by atoms with Crippen molar-refractivity contribution in [3.8, 4) is 11.1 Å². The van der Waals surface area contributed by atoms with Gasteiger partial charge in [-0.3, -0.25) is 0 Å². The molecule has 0 aliphatic rings. The molecular weight excluding hydrogens is 249 g/mol. The molecule has 0 aliphatic heterocycles. The Morgan fingerprint density at radius 3 is 2.61 bits per heavy atom. The first-order valence-electron chi connectivity index (χ1n) is 5.96. The number of hydrogen-bond donors (Lipinski definition) is 1. The van der Waals surface area contributed by atoms with Crippen LogP contribution in [0.2, 0.25) is 5.02 Å². The monoisotopic (exact) mass is 263 g/mol. The van der Waals surface area contributed by atoms with Crippen LogP contribution in [0, 0.1) is 5.82 Å². The van der Waals surface area contributed by atoms with Crippen LogP contribution in [-0.2, 0) is 6.54 Å². The molecule has 94 valence electrons. The van der Waals surface area contributed by atoms with Gasteiger partial charge in [-0.2, -0.15) is 0 Å². The molecule has 0 radical (unpaired) electrons. The summed E-state index contributed by atoms with van der Waals surface area (Å²) >= 11 is 6.20. The maximum atomic E-state index is 13.7. The van der Waals surface area contributed by atoms with E-state index in [2.05, 4.69) is 5.32 Å². The van der Waals surface area contributed by atoms with Gasteiger partial charge in [-0.15, -0.1) is 0 Å². The normalized spacial score (nSPS) is 10.6. The van der Waals surface area contributed by atoms with Crippen molar-refractivity contribution in [2.75, 3.05) is 6.54 Å². The van der Waals surface area contributed by atoms with Crippen LogP contribution in [0.25, 0.3) is 11.1 Å². The van der Waals surface area contributed by atoms with E-state index < -0.39 is 0 Å². The molecule has 2 rings (SSSR count). The van der Waals surface area contributed by atoms with Crippen molar-refractivity contribution in [1.29, 1.82) is 0 Å². The van der Waals surface area contributed by atoms with Gasteiger partial charge < -0.3 is 5.32 Å². The molecule has 18 heavy (non-hydrogen) atoms. The summed E-state index contributed by atoms with van der Waals surface area (Å²) in [6.07, 6.45) is 0. The minimum Gasteiger partial charge on any atom is -0.313 e. The molecule has 0 amide bonds. The topological polar surface area (TPSA) is 12.0 Å². The second kappa shape index (κ2) is 5.98. The van der Waals surface area contributed by atoms with Crippen molar-refractivity contribution in [3.63, 3.8) is 0 Å². The predicted octanol–water partition coefficient (Wildman–Crippen LogP) is 4.26. The molecule has 0 aliphatic carbocycles. The summed E-state index contributed by atoms with van der Waals surface area (Å²) in [5.41, 5.74) is 2.41. The smallest absolute Gasteiger partial charge is 0.131 e. The molecule has 0 bridgehead atoms. The van der Waals surface area contributed by atoms with Crippen LogP contribution in [0.3, 0.4) is 0 Å². The van der Waals surface area contributed by atoms with Crippen molar-refractivity contribution in [2.45, 2.75) is 13.5 Å². The van der Waals surface area contributed by atoms with E-state index in [4.69, 9.17) is 11.6 Å². The van der Waals surface area contributed by atoms with Crippen LogP contribution in [0.1, 0.15) is 12.5 Å². The zero-order chi connectivity index (χ0) is 13.0. The van der Waals surface area contributed by atoms with Gasteiger partial charge in [-0.1, -0.05) is 48.9 Å². The van der Waals surface area contributed by atoms with E-state index >= 15 is 0 Å². The quantitative estimate of drug-likeness (QED) is 0.869. The van der Waals surface area contributed by atoms with Crippen LogP contribution >= 0.6 is 11.6 Å². The van der Waals surface area contributed by atoms with E-state index in [0.717, 1.165) is 24.2 Å². The Kier molecular flexibility index (Phi) is 4.34. The van der Waals surface area contributed by atoms with Crippen LogP contribution in [0.4, 0.5) is 4.39 Å². The molecule has 0 saturated carbocycles. The van der Waals surface area contributed by atoms with Crippen LogP contribution in [0.5, 0.6) is 0 Å². The highest BCUT2D eigenvalue weighted by molar-refractivity contribution is 6.31. The molecule has 2 aromatic carbocycles. The van der Waals surface area contributed by atoms with Crippen molar-refractivity contribution < 1.29 is 4.39 Å². The lowest BCUT2D eigenvalue weighted by Crippen LogP contribution is -2.11. The first-order valence-corrected chi connectivity index (χ1v) is 6.34. The van der Waals surface area contributed by atoms with Gasteiger partial charge in [0.2, 0.25) is 0 Å². The van der Waals surface area contributed by atoms with Gasteiger partial charge >= 0.3 is 0 Å². The lowest BCUT2D eigenvalue weighted by molar-refractivity contribution is 0.631. The maximum absolute atomic E-state index is 13.7. The van der Waals surface area contributed by atoms with E-state index in [0.29, 0.717) is 10.6 Å². The summed E-state index contributed by atoms with van der Waals surface area (Å²) in [5, 5.41) is 3.88. The van der Waals surface area contributed by atoms with Gasteiger partial charge in [-0.25, -0.2) is 4.39 Å². The highest BCUT2D eigenvalue weighted by atomic mass is 35.5. The van der Waals surface area contributed by atoms with Crippen molar-refractivity contribution in [1.82, 2.24) is 5.32 Å². The summed E-state index contributed by atoms with van der Waals surface area (Å²) < 4.78 is 13.7. The first-order chi connectivity index (χ1) is 8.72. The Bertz CT molecular complexity index is 540. The lowest BCUT2D eigenvalue weighted by atomic mass is 10.0. The molecule has 2 aromatic rings. The van der Waals surface area contributed by atoms with E-state index in [1.165, 1.54) is 6.07 Å². The van der Waals surface area contributed by atoms with Crippen LogP contribution in [0.15, 0.2) is 42.5 Å². The van der Waals surface area contributed by atoms with Crippen molar-refractivity contribution in [2.24, 2.45) is 0 Å². The molecule has 1 N–H and O–H groups in total. The summed E-state index contributed by atoms with van der Waals surface area (Å²) in [4.78, 5) is 0. The van der Waals surface area contributed by atoms with Gasteiger partial charge in [0.15, 0.2) is 0 Å². The number of halogens is 2. The molecule has 0 fully saturated rings. The minimum absolute atomic E-state index is 0.229. The molecule has 3 heteroatoms. The average molecular weight is 264 g/mol. The highest BCUT2D eigenvalue weighted by Gasteiger charge is 2.06. The van der Waals surface area contributed by atoms with Crippen molar-refractivity contribution in [3.05, 3.63) is 58.9 Å². The fourth-order valence-corrected chi connectivity index (χ4v) is 2.06. The Morgan fingerprint density at radius 1 is 1.17 bits per heavy atom. The van der Waals surface area contributed by atoms with Gasteiger partial charge in [0, 0.05) is 17.1 Å². The second-order valence-electron chi connectivity index (χ2n) is 4.07. The molecular formula is C15H15ClFN. The molecule has 0 saturated heterocycles. The molecule has 0 atom stereocenters. The molecule has 0 aromatic heterocycles. The maximum Gasteiger partial charge on any atom is 0.131 e. The van der Waals surface area contributed by atoms with E-state index in [1.54, 1.807) is 12.1 Å². The summed E-state index contributed by atoms with van der Waals surface area (Å²) in [5.74, 6) is -0.229. The molecule has 0 unspecified atom stereocenters. The number of nitrogens with one attached hydrogen (secondary N) is 1. The Hall–Kier alpha value is -1.38. The highest BCUT2D eigenvalue weighted by Crippen LogP contribution is 2.27. The Morgan fingerprint density at radius 2 is 1.94 bits per heavy atom. The standard InChI is InChI=1S/C15H15ClFN/c1-2-18-10-12-8-7-11(9-14(12)16)13-5-3-4-6-15(13)17/h3-9,18H,2,10H2,1H3. The third-order valence-electron chi connectivity index (χ3n) is 2.80. The van der Waals surface area contributed by atoms with Gasteiger partial charge in [-0.05, 0) is 29.8 Å². The molecule has 1 nitrogen and oxygen atoms in total. The number of rotatable bonds is 4. The third-order valence-corrected chi connectivity index (χ3v) is 3.16. The molecule has 0 spiro atoms. The Labute approximate surface area is 112 Å². The van der Waals surface area contributed by atoms with E-state index in [-0.39, 0.29) is 5.82 Å². The van der Waals surface area contributed by atoms with Gasteiger partial charge in [0.05, 0.1) is 0 Å². The summed E-state index contributed by atoms with van der Waals surface area (Å²) in [6.45, 7) is 3.67. The fraction of sp³-hybridized carbons (Fsp3) is 0.200.